The van der Waals surface area contributed by atoms with E-state index >= 15 is 0 Å². The van der Waals surface area contributed by atoms with Crippen molar-refractivity contribution in [3.8, 4) is 5.75 Å². The highest BCUT2D eigenvalue weighted by molar-refractivity contribution is 6.32. The summed E-state index contributed by atoms with van der Waals surface area (Å²) in [6, 6.07) is 14.7. The van der Waals surface area contributed by atoms with E-state index in [1.165, 1.54) is 0 Å². The van der Waals surface area contributed by atoms with Crippen LogP contribution in [0.25, 0.3) is 0 Å². The molecule has 1 amide bonds. The van der Waals surface area contributed by atoms with Crippen molar-refractivity contribution in [2.24, 2.45) is 0 Å². The first-order valence-electron chi connectivity index (χ1n) is 6.35. The van der Waals surface area contributed by atoms with E-state index in [0.717, 1.165) is 11.3 Å². The second-order valence-electron chi connectivity index (χ2n) is 4.55. The summed E-state index contributed by atoms with van der Waals surface area (Å²) >= 11 is 6.05. The van der Waals surface area contributed by atoms with Crippen molar-refractivity contribution in [3.63, 3.8) is 0 Å². The largest absolute Gasteiger partial charge is 0.479 e. The zero-order chi connectivity index (χ0) is 14.5. The molecule has 2 rings (SSSR count). The maximum atomic E-state index is 12.0. The molecular weight excluding hydrogens is 274 g/mol. The predicted molar refractivity (Wildman–Crippen MR) is 81.4 cm³/mol. The van der Waals surface area contributed by atoms with Crippen LogP contribution in [0.2, 0.25) is 5.02 Å². The Balaban J connectivity index is 2.02. The summed E-state index contributed by atoms with van der Waals surface area (Å²) in [7, 11) is 0. The lowest BCUT2D eigenvalue weighted by Gasteiger charge is -2.16. The predicted octanol–water partition coefficient (Wildman–Crippen LogP) is 4.05. The second-order valence-corrected chi connectivity index (χ2v) is 4.96. The number of carbonyl (C=O) groups excluding carboxylic acids is 1. The summed E-state index contributed by atoms with van der Waals surface area (Å²) in [6.07, 6.45) is -0.630. The number of benzene rings is 2. The number of para-hydroxylation sites is 1. The van der Waals surface area contributed by atoms with Crippen LogP contribution in [0.4, 0.5) is 5.69 Å². The molecule has 0 aliphatic rings. The Hall–Kier alpha value is -2.00. The molecule has 0 spiro atoms. The summed E-state index contributed by atoms with van der Waals surface area (Å²) in [5.41, 5.74) is 1.77. The van der Waals surface area contributed by atoms with Gasteiger partial charge in [-0.15, -0.1) is 0 Å². The van der Waals surface area contributed by atoms with Crippen LogP contribution in [0.5, 0.6) is 5.75 Å². The minimum absolute atomic E-state index is 0.214. The zero-order valence-corrected chi connectivity index (χ0v) is 12.1. The fourth-order valence-electron chi connectivity index (χ4n) is 1.71. The number of hydrogen-bond donors (Lipinski definition) is 1. The molecule has 104 valence electrons. The number of aryl methyl sites for hydroxylation is 1. The van der Waals surface area contributed by atoms with Gasteiger partial charge in [0.05, 0.1) is 5.02 Å². The highest BCUT2D eigenvalue weighted by atomic mass is 35.5. The van der Waals surface area contributed by atoms with Gasteiger partial charge in [-0.2, -0.15) is 0 Å². The number of rotatable bonds is 4. The van der Waals surface area contributed by atoms with E-state index in [0.29, 0.717) is 10.8 Å². The average molecular weight is 290 g/mol. The minimum atomic E-state index is -0.630. The van der Waals surface area contributed by atoms with E-state index in [2.05, 4.69) is 5.32 Å². The van der Waals surface area contributed by atoms with Gasteiger partial charge in [0.25, 0.3) is 5.91 Å². The molecule has 0 fully saturated rings. The lowest BCUT2D eigenvalue weighted by atomic mass is 10.2. The number of halogens is 1. The van der Waals surface area contributed by atoms with Gasteiger partial charge in [0, 0.05) is 5.69 Å². The quantitative estimate of drug-likeness (QED) is 0.922. The van der Waals surface area contributed by atoms with Crippen LogP contribution in [0.3, 0.4) is 0 Å². The van der Waals surface area contributed by atoms with Crippen LogP contribution in [0.15, 0.2) is 48.5 Å². The molecule has 0 saturated heterocycles. The molecule has 2 aromatic rings. The van der Waals surface area contributed by atoms with Crippen molar-refractivity contribution < 1.29 is 9.53 Å². The van der Waals surface area contributed by atoms with Crippen molar-refractivity contribution in [1.29, 1.82) is 0 Å². The van der Waals surface area contributed by atoms with Gasteiger partial charge in [-0.1, -0.05) is 35.9 Å². The topological polar surface area (TPSA) is 38.3 Å². The van der Waals surface area contributed by atoms with Gasteiger partial charge < -0.3 is 10.1 Å². The van der Waals surface area contributed by atoms with E-state index in [-0.39, 0.29) is 5.91 Å². The van der Waals surface area contributed by atoms with Crippen LogP contribution >= 0.6 is 11.6 Å². The van der Waals surface area contributed by atoms with E-state index in [1.54, 1.807) is 13.0 Å². The Morgan fingerprint density at radius 3 is 2.60 bits per heavy atom. The number of hydrogen-bond acceptors (Lipinski definition) is 2. The first-order valence-corrected chi connectivity index (χ1v) is 6.73. The lowest BCUT2D eigenvalue weighted by Crippen LogP contribution is -2.30. The molecule has 3 nitrogen and oxygen atoms in total. The summed E-state index contributed by atoms with van der Waals surface area (Å²) in [4.78, 5) is 12.0. The number of anilines is 1. The third-order valence-corrected chi connectivity index (χ3v) is 3.11. The highest BCUT2D eigenvalue weighted by Gasteiger charge is 2.16. The SMILES string of the molecule is Cc1ccc(Cl)c(OC(C)C(=O)Nc2ccccc2)c1. The number of ether oxygens (including phenoxy) is 1. The Morgan fingerprint density at radius 1 is 1.20 bits per heavy atom. The molecule has 2 aromatic carbocycles. The summed E-state index contributed by atoms with van der Waals surface area (Å²) in [6.45, 7) is 3.63. The van der Waals surface area contributed by atoms with E-state index in [4.69, 9.17) is 16.3 Å². The molecule has 0 aromatic heterocycles. The third-order valence-electron chi connectivity index (χ3n) is 2.80. The first kappa shape index (κ1) is 14.4. The van der Waals surface area contributed by atoms with Gasteiger partial charge in [-0.25, -0.2) is 0 Å². The van der Waals surface area contributed by atoms with Gasteiger partial charge in [0.15, 0.2) is 6.10 Å². The maximum absolute atomic E-state index is 12.0. The molecule has 0 heterocycles. The molecular formula is C16H16ClNO2. The lowest BCUT2D eigenvalue weighted by molar-refractivity contribution is -0.122. The Kier molecular flexibility index (Phi) is 4.64. The van der Waals surface area contributed by atoms with Crippen LogP contribution in [-0.2, 0) is 4.79 Å². The molecule has 20 heavy (non-hydrogen) atoms. The molecule has 0 aliphatic carbocycles. The fraction of sp³-hybridized carbons (Fsp3) is 0.188. The smallest absolute Gasteiger partial charge is 0.265 e. The maximum Gasteiger partial charge on any atom is 0.265 e. The van der Waals surface area contributed by atoms with Crippen LogP contribution in [-0.4, -0.2) is 12.0 Å². The van der Waals surface area contributed by atoms with Crippen molar-refractivity contribution in [1.82, 2.24) is 0 Å². The van der Waals surface area contributed by atoms with Gasteiger partial charge in [-0.3, -0.25) is 4.79 Å². The Bertz CT molecular complexity index is 599. The number of amides is 1. The van der Waals surface area contributed by atoms with Crippen LogP contribution < -0.4 is 10.1 Å². The molecule has 4 heteroatoms. The van der Waals surface area contributed by atoms with Crippen molar-refractivity contribution >= 4 is 23.2 Å². The first-order chi connectivity index (χ1) is 9.56. The summed E-state index contributed by atoms with van der Waals surface area (Å²) in [5, 5.41) is 3.28. The molecule has 1 atom stereocenters. The average Bonchev–Trinajstić information content (AvgIpc) is 2.44. The van der Waals surface area contributed by atoms with Crippen molar-refractivity contribution in [2.75, 3.05) is 5.32 Å². The standard InChI is InChI=1S/C16H16ClNO2/c1-11-8-9-14(17)15(10-11)20-12(2)16(19)18-13-6-4-3-5-7-13/h3-10,12H,1-2H3,(H,18,19). The van der Waals surface area contributed by atoms with Crippen molar-refractivity contribution in [3.05, 3.63) is 59.1 Å². The van der Waals surface area contributed by atoms with Gasteiger partial charge in [0.2, 0.25) is 0 Å². The Labute approximate surface area is 123 Å². The number of nitrogens with one attached hydrogen (secondary N) is 1. The van der Waals surface area contributed by atoms with Crippen LogP contribution in [0.1, 0.15) is 12.5 Å². The second kappa shape index (κ2) is 6.44. The van der Waals surface area contributed by atoms with Gasteiger partial charge >= 0.3 is 0 Å². The summed E-state index contributed by atoms with van der Waals surface area (Å²) < 4.78 is 5.62. The van der Waals surface area contributed by atoms with Crippen LogP contribution in [0, 0.1) is 6.92 Å². The molecule has 1 N–H and O–H groups in total. The molecule has 0 radical (unpaired) electrons. The highest BCUT2D eigenvalue weighted by Crippen LogP contribution is 2.26. The van der Waals surface area contributed by atoms with E-state index in [1.807, 2.05) is 49.4 Å². The Morgan fingerprint density at radius 2 is 1.90 bits per heavy atom. The molecule has 1 unspecified atom stereocenters. The summed E-state index contributed by atoms with van der Waals surface area (Å²) in [5.74, 6) is 0.302. The monoisotopic (exact) mass is 289 g/mol. The van der Waals surface area contributed by atoms with E-state index in [9.17, 15) is 4.79 Å². The molecule has 0 aliphatic heterocycles. The zero-order valence-electron chi connectivity index (χ0n) is 11.4. The minimum Gasteiger partial charge on any atom is -0.479 e. The normalized spacial score (nSPS) is 11.8. The number of carbonyl (C=O) groups is 1. The molecule has 0 saturated carbocycles. The van der Waals surface area contributed by atoms with Crippen molar-refractivity contribution in [2.45, 2.75) is 20.0 Å². The third kappa shape index (κ3) is 3.75. The molecule has 0 bridgehead atoms. The fourth-order valence-corrected chi connectivity index (χ4v) is 1.87. The van der Waals surface area contributed by atoms with Gasteiger partial charge in [0.1, 0.15) is 5.75 Å². The van der Waals surface area contributed by atoms with Gasteiger partial charge in [-0.05, 0) is 43.7 Å². The van der Waals surface area contributed by atoms with E-state index < -0.39 is 6.10 Å².